The Morgan fingerprint density at radius 3 is 2.40 bits per heavy atom. The van der Waals surface area contributed by atoms with Crippen LogP contribution in [-0.4, -0.2) is 22.1 Å². The molecule has 0 aromatic carbocycles. The Kier molecular flexibility index (Phi) is 6.62. The second-order valence-corrected chi connectivity index (χ2v) is 4.95. The molecular weight excluding hydrogens is 313 g/mol. The molecule has 0 radical (unpaired) electrons. The number of rotatable bonds is 3. The number of nitrogens with one attached hydrogen (secondary N) is 1. The highest BCUT2D eigenvalue weighted by molar-refractivity contribution is 14.1. The maximum absolute atomic E-state index is 11.0. The van der Waals surface area contributed by atoms with Crippen molar-refractivity contribution in [1.29, 1.82) is 0 Å². The molecule has 0 aliphatic rings. The van der Waals surface area contributed by atoms with Crippen molar-refractivity contribution in [3.63, 3.8) is 0 Å². The van der Waals surface area contributed by atoms with E-state index in [2.05, 4.69) is 27.4 Å². The quantitative estimate of drug-likeness (QED) is 0.490. The van der Waals surface area contributed by atoms with E-state index in [1.165, 1.54) is 0 Å². The molecule has 0 aliphatic heterocycles. The summed E-state index contributed by atoms with van der Waals surface area (Å²) in [7, 11) is 0. The standard InChI is InChI=1S/C9H16INO4/c1-9(2,3)14-8(13)11-15-7(12)5-4-6-10/h4-6H2,1-3H3,(H,11,13). The van der Waals surface area contributed by atoms with Gasteiger partial charge >= 0.3 is 12.1 Å². The van der Waals surface area contributed by atoms with Gasteiger partial charge in [0, 0.05) is 10.8 Å². The number of hydrogen-bond acceptors (Lipinski definition) is 4. The van der Waals surface area contributed by atoms with Crippen molar-refractivity contribution >= 4 is 34.7 Å². The molecule has 0 aromatic rings. The van der Waals surface area contributed by atoms with Crippen LogP contribution in [0, 0.1) is 0 Å². The monoisotopic (exact) mass is 329 g/mol. The molecule has 0 fully saturated rings. The van der Waals surface area contributed by atoms with Crippen LogP contribution in [0.25, 0.3) is 0 Å². The molecular formula is C9H16INO4. The first-order chi connectivity index (χ1) is 6.85. The summed E-state index contributed by atoms with van der Waals surface area (Å²) < 4.78 is 5.74. The van der Waals surface area contributed by atoms with E-state index in [0.29, 0.717) is 6.42 Å². The topological polar surface area (TPSA) is 64.6 Å². The van der Waals surface area contributed by atoms with Crippen LogP contribution >= 0.6 is 22.6 Å². The number of amides is 1. The lowest BCUT2D eigenvalue weighted by molar-refractivity contribution is -0.150. The van der Waals surface area contributed by atoms with Crippen molar-refractivity contribution in [2.75, 3.05) is 4.43 Å². The summed E-state index contributed by atoms with van der Waals surface area (Å²) >= 11 is 2.16. The molecule has 15 heavy (non-hydrogen) atoms. The third kappa shape index (κ3) is 9.77. The zero-order chi connectivity index (χ0) is 11.9. The minimum atomic E-state index is -0.759. The summed E-state index contributed by atoms with van der Waals surface area (Å²) in [5, 5.41) is 0. The molecule has 88 valence electrons. The molecule has 0 saturated carbocycles. The summed E-state index contributed by atoms with van der Waals surface area (Å²) in [6, 6.07) is 0. The second kappa shape index (κ2) is 6.86. The Balaban J connectivity index is 3.67. The number of hydrogen-bond donors (Lipinski definition) is 1. The number of halogens is 1. The average molecular weight is 329 g/mol. The number of carbonyl (C=O) groups is 2. The van der Waals surface area contributed by atoms with E-state index in [4.69, 9.17) is 4.74 Å². The predicted octanol–water partition coefficient (Wildman–Crippen LogP) is 2.18. The lowest BCUT2D eigenvalue weighted by Crippen LogP contribution is -2.34. The van der Waals surface area contributed by atoms with Gasteiger partial charge in [-0.05, 0) is 27.2 Å². The molecule has 5 nitrogen and oxygen atoms in total. The first kappa shape index (κ1) is 14.5. The molecule has 0 bridgehead atoms. The molecule has 0 heterocycles. The van der Waals surface area contributed by atoms with Gasteiger partial charge in [-0.25, -0.2) is 9.59 Å². The van der Waals surface area contributed by atoms with Gasteiger partial charge in [-0.2, -0.15) is 0 Å². The van der Waals surface area contributed by atoms with Crippen molar-refractivity contribution in [2.24, 2.45) is 0 Å². The molecule has 0 unspecified atom stereocenters. The van der Waals surface area contributed by atoms with E-state index >= 15 is 0 Å². The molecule has 0 spiro atoms. The number of alkyl halides is 1. The van der Waals surface area contributed by atoms with Gasteiger partial charge in [0.1, 0.15) is 5.60 Å². The Labute approximate surface area is 103 Å². The first-order valence-electron chi connectivity index (χ1n) is 4.60. The zero-order valence-electron chi connectivity index (χ0n) is 9.13. The molecule has 0 aliphatic carbocycles. The Bertz CT molecular complexity index is 225. The van der Waals surface area contributed by atoms with E-state index in [1.807, 2.05) is 5.48 Å². The molecule has 6 heteroatoms. The van der Waals surface area contributed by atoms with Gasteiger partial charge in [0.05, 0.1) is 0 Å². The minimum absolute atomic E-state index is 0.290. The summed E-state index contributed by atoms with van der Waals surface area (Å²) in [5.74, 6) is -0.461. The van der Waals surface area contributed by atoms with E-state index < -0.39 is 17.7 Å². The number of ether oxygens (including phenoxy) is 1. The lowest BCUT2D eigenvalue weighted by atomic mass is 10.2. The van der Waals surface area contributed by atoms with Crippen LogP contribution in [0.5, 0.6) is 0 Å². The van der Waals surface area contributed by atoms with Crippen LogP contribution < -0.4 is 5.48 Å². The highest BCUT2D eigenvalue weighted by Gasteiger charge is 2.17. The summed E-state index contributed by atoms with van der Waals surface area (Å²) in [4.78, 5) is 26.5. The van der Waals surface area contributed by atoms with Gasteiger partial charge in [0.15, 0.2) is 0 Å². The predicted molar refractivity (Wildman–Crippen MR) is 63.6 cm³/mol. The maximum atomic E-state index is 11.0. The van der Waals surface area contributed by atoms with E-state index in [1.54, 1.807) is 20.8 Å². The first-order valence-corrected chi connectivity index (χ1v) is 6.12. The molecule has 1 amide bonds. The third-order valence-electron chi connectivity index (χ3n) is 1.16. The summed E-state index contributed by atoms with van der Waals surface area (Å²) in [5.41, 5.74) is 1.34. The number of carbonyl (C=O) groups excluding carboxylic acids is 2. The van der Waals surface area contributed by atoms with Gasteiger partial charge in [0.2, 0.25) is 0 Å². The molecule has 1 N–H and O–H groups in total. The minimum Gasteiger partial charge on any atom is -0.442 e. The Morgan fingerprint density at radius 1 is 1.33 bits per heavy atom. The third-order valence-corrected chi connectivity index (χ3v) is 1.92. The zero-order valence-corrected chi connectivity index (χ0v) is 11.3. The van der Waals surface area contributed by atoms with Crippen LogP contribution in [0.2, 0.25) is 0 Å². The molecule has 0 rings (SSSR count). The van der Waals surface area contributed by atoms with Crippen molar-refractivity contribution in [1.82, 2.24) is 5.48 Å². The van der Waals surface area contributed by atoms with Crippen LogP contribution in [0.3, 0.4) is 0 Å². The van der Waals surface area contributed by atoms with Crippen molar-refractivity contribution in [2.45, 2.75) is 39.2 Å². The van der Waals surface area contributed by atoms with E-state index in [0.717, 1.165) is 10.8 Å². The Hall–Kier alpha value is -0.530. The van der Waals surface area contributed by atoms with Crippen LogP contribution in [0.4, 0.5) is 4.79 Å². The maximum Gasteiger partial charge on any atom is 0.441 e. The number of hydroxylamine groups is 1. The SMILES string of the molecule is CC(C)(C)OC(=O)NOC(=O)CCCI. The highest BCUT2D eigenvalue weighted by Crippen LogP contribution is 2.06. The fraction of sp³-hybridized carbons (Fsp3) is 0.778. The van der Waals surface area contributed by atoms with Crippen LogP contribution in [0.1, 0.15) is 33.6 Å². The normalized spacial score (nSPS) is 10.7. The second-order valence-electron chi connectivity index (χ2n) is 3.87. The smallest absolute Gasteiger partial charge is 0.441 e. The summed E-state index contributed by atoms with van der Waals surface area (Å²) in [6.07, 6.45) is 0.263. The fourth-order valence-electron chi connectivity index (χ4n) is 0.660. The average Bonchev–Trinajstić information content (AvgIpc) is 2.08. The van der Waals surface area contributed by atoms with Gasteiger partial charge in [-0.3, -0.25) is 0 Å². The molecule has 0 aromatic heterocycles. The Morgan fingerprint density at radius 2 is 1.93 bits per heavy atom. The van der Waals surface area contributed by atoms with Gasteiger partial charge in [0.25, 0.3) is 0 Å². The van der Waals surface area contributed by atoms with Crippen molar-refractivity contribution < 1.29 is 19.2 Å². The molecule has 0 saturated heterocycles. The van der Waals surface area contributed by atoms with Crippen LogP contribution in [-0.2, 0) is 14.4 Å². The van der Waals surface area contributed by atoms with E-state index in [9.17, 15) is 9.59 Å². The van der Waals surface area contributed by atoms with Gasteiger partial charge in [-0.15, -0.1) is 5.48 Å². The summed E-state index contributed by atoms with van der Waals surface area (Å²) in [6.45, 7) is 5.18. The fourth-order valence-corrected chi connectivity index (χ4v) is 1.04. The molecule has 0 atom stereocenters. The largest absolute Gasteiger partial charge is 0.442 e. The van der Waals surface area contributed by atoms with Crippen molar-refractivity contribution in [3.8, 4) is 0 Å². The van der Waals surface area contributed by atoms with E-state index in [-0.39, 0.29) is 0 Å². The van der Waals surface area contributed by atoms with Crippen molar-refractivity contribution in [3.05, 3.63) is 0 Å². The van der Waals surface area contributed by atoms with Gasteiger partial charge in [-0.1, -0.05) is 22.6 Å². The lowest BCUT2D eigenvalue weighted by Gasteiger charge is -2.19. The van der Waals surface area contributed by atoms with Gasteiger partial charge < -0.3 is 9.57 Å². The highest BCUT2D eigenvalue weighted by atomic mass is 127. The van der Waals surface area contributed by atoms with Crippen LogP contribution in [0.15, 0.2) is 0 Å².